The highest BCUT2D eigenvalue weighted by Crippen LogP contribution is 2.35. The molecular weight excluding hydrogens is 444 g/mol. The van der Waals surface area contributed by atoms with Crippen LogP contribution in [0.15, 0.2) is 48.7 Å². The number of nitrogens with one attached hydrogen (secondary N) is 1. The molecule has 1 saturated heterocycles. The second-order valence-corrected chi connectivity index (χ2v) is 10.1. The van der Waals surface area contributed by atoms with E-state index in [9.17, 15) is 4.79 Å². The Morgan fingerprint density at radius 1 is 1.00 bits per heavy atom. The Morgan fingerprint density at radius 2 is 1.75 bits per heavy atom. The van der Waals surface area contributed by atoms with Crippen LogP contribution in [-0.4, -0.2) is 55.1 Å². The zero-order valence-corrected chi connectivity index (χ0v) is 22.7. The van der Waals surface area contributed by atoms with E-state index >= 15 is 0 Å². The minimum absolute atomic E-state index is 0.0834. The fraction of sp³-hybridized carbons (Fsp3) is 0.516. The maximum absolute atomic E-state index is 14.0. The highest BCUT2D eigenvalue weighted by Gasteiger charge is 2.25. The van der Waals surface area contributed by atoms with Gasteiger partial charge in [-0.25, -0.2) is 0 Å². The maximum atomic E-state index is 14.0. The number of para-hydroxylation sites is 1. The molecule has 0 saturated carbocycles. The maximum Gasteiger partial charge on any atom is 0.260 e. The Kier molecular flexibility index (Phi) is 9.08. The number of aromatic nitrogens is 1. The van der Waals surface area contributed by atoms with Gasteiger partial charge in [0.1, 0.15) is 0 Å². The first-order valence-corrected chi connectivity index (χ1v) is 14.1. The van der Waals surface area contributed by atoms with Gasteiger partial charge in [0.2, 0.25) is 0 Å². The summed E-state index contributed by atoms with van der Waals surface area (Å²) in [6.07, 6.45) is 8.08. The topological polar surface area (TPSA) is 42.6 Å². The van der Waals surface area contributed by atoms with Gasteiger partial charge in [0.15, 0.2) is 0 Å². The number of hydrogen-bond acceptors (Lipinski definition) is 3. The van der Waals surface area contributed by atoms with Gasteiger partial charge in [-0.1, -0.05) is 32.4 Å². The van der Waals surface area contributed by atoms with Crippen LogP contribution in [-0.2, 0) is 0 Å². The van der Waals surface area contributed by atoms with Crippen LogP contribution < -0.4 is 9.80 Å². The van der Waals surface area contributed by atoms with Crippen LogP contribution in [0.5, 0.6) is 0 Å². The average Bonchev–Trinajstić information content (AvgIpc) is 3.35. The zero-order valence-electron chi connectivity index (χ0n) is 22.7. The van der Waals surface area contributed by atoms with Crippen molar-refractivity contribution in [2.75, 3.05) is 49.1 Å². The van der Waals surface area contributed by atoms with E-state index in [1.165, 1.54) is 56.3 Å². The minimum atomic E-state index is 0.0834. The highest BCUT2D eigenvalue weighted by molar-refractivity contribution is 6.10. The molecule has 0 radical (unpaired) electrons. The molecule has 36 heavy (non-hydrogen) atoms. The van der Waals surface area contributed by atoms with E-state index in [1.54, 1.807) is 0 Å². The lowest BCUT2D eigenvalue weighted by molar-refractivity contribution is 0.0987. The number of rotatable bonds is 11. The van der Waals surface area contributed by atoms with Crippen LogP contribution in [0.1, 0.15) is 81.6 Å². The van der Waals surface area contributed by atoms with Crippen molar-refractivity contribution in [1.29, 1.82) is 0 Å². The summed E-state index contributed by atoms with van der Waals surface area (Å²) in [6, 6.07) is 14.6. The normalized spacial score (nSPS) is 14.9. The van der Waals surface area contributed by atoms with Crippen molar-refractivity contribution in [2.24, 2.45) is 0 Å². The number of aromatic amines is 1. The van der Waals surface area contributed by atoms with E-state index in [1.807, 2.05) is 23.1 Å². The Morgan fingerprint density at radius 3 is 2.44 bits per heavy atom. The van der Waals surface area contributed by atoms with E-state index in [-0.39, 0.29) is 5.91 Å². The van der Waals surface area contributed by atoms with Crippen LogP contribution in [0.25, 0.3) is 10.9 Å². The van der Waals surface area contributed by atoms with Crippen LogP contribution in [0.2, 0.25) is 0 Å². The Balaban J connectivity index is 1.62. The summed E-state index contributed by atoms with van der Waals surface area (Å²) in [4.78, 5) is 24.3. The molecule has 1 amide bonds. The predicted octanol–water partition coefficient (Wildman–Crippen LogP) is 7.05. The molecule has 2 aromatic carbocycles. The Labute approximate surface area is 217 Å². The molecule has 0 unspecified atom stereocenters. The van der Waals surface area contributed by atoms with Crippen molar-refractivity contribution < 1.29 is 4.79 Å². The van der Waals surface area contributed by atoms with Gasteiger partial charge in [0, 0.05) is 48.1 Å². The fourth-order valence-corrected chi connectivity index (χ4v) is 5.70. The first-order chi connectivity index (χ1) is 17.6. The summed E-state index contributed by atoms with van der Waals surface area (Å²) in [7, 11) is 0. The van der Waals surface area contributed by atoms with Gasteiger partial charge in [-0.05, 0) is 101 Å². The van der Waals surface area contributed by atoms with Gasteiger partial charge < -0.3 is 19.7 Å². The number of anilines is 2. The van der Waals surface area contributed by atoms with Crippen LogP contribution >= 0.6 is 0 Å². The monoisotopic (exact) mass is 488 g/mol. The summed E-state index contributed by atoms with van der Waals surface area (Å²) < 4.78 is 0. The molecule has 5 heteroatoms. The predicted molar refractivity (Wildman–Crippen MR) is 154 cm³/mol. The number of carbonyl (C=O) groups is 1. The molecule has 0 atom stereocenters. The number of piperidine rings is 1. The number of carbonyl (C=O) groups excluding carboxylic acids is 1. The lowest BCUT2D eigenvalue weighted by Crippen LogP contribution is -2.34. The van der Waals surface area contributed by atoms with Crippen LogP contribution in [0, 0.1) is 0 Å². The molecule has 0 spiro atoms. The van der Waals surface area contributed by atoms with Crippen LogP contribution in [0.3, 0.4) is 0 Å². The molecule has 3 aromatic rings. The number of nitrogens with zero attached hydrogens (tertiary/aromatic N) is 3. The molecular formula is C31H44N4O. The number of benzene rings is 2. The molecule has 0 aliphatic carbocycles. The molecule has 4 rings (SSSR count). The van der Waals surface area contributed by atoms with Crippen molar-refractivity contribution in [3.63, 3.8) is 0 Å². The highest BCUT2D eigenvalue weighted by atomic mass is 16.2. The molecule has 2 heterocycles. The molecule has 0 bridgehead atoms. The first kappa shape index (κ1) is 26.3. The van der Waals surface area contributed by atoms with E-state index in [4.69, 9.17) is 0 Å². The third-order valence-electron chi connectivity index (χ3n) is 7.80. The molecule has 1 fully saturated rings. The molecule has 5 nitrogen and oxygen atoms in total. The van der Waals surface area contributed by atoms with Crippen molar-refractivity contribution in [3.8, 4) is 0 Å². The second kappa shape index (κ2) is 12.4. The number of fused-ring (bicyclic) bond motifs is 1. The zero-order chi connectivity index (χ0) is 25.5. The van der Waals surface area contributed by atoms with Gasteiger partial charge in [0.25, 0.3) is 5.91 Å². The van der Waals surface area contributed by atoms with E-state index in [2.05, 4.69) is 72.9 Å². The third-order valence-corrected chi connectivity index (χ3v) is 7.80. The third kappa shape index (κ3) is 5.62. The molecule has 1 N–H and O–H groups in total. The number of amides is 1. The average molecular weight is 489 g/mol. The van der Waals surface area contributed by atoms with E-state index in [0.29, 0.717) is 12.5 Å². The first-order valence-electron chi connectivity index (χ1n) is 14.1. The van der Waals surface area contributed by atoms with Gasteiger partial charge in [-0.15, -0.1) is 0 Å². The van der Waals surface area contributed by atoms with Crippen molar-refractivity contribution in [3.05, 3.63) is 59.8 Å². The van der Waals surface area contributed by atoms with Crippen molar-refractivity contribution in [2.45, 2.75) is 65.7 Å². The fourth-order valence-electron chi connectivity index (χ4n) is 5.70. The summed E-state index contributed by atoms with van der Waals surface area (Å²) in [5.74, 6) is 0.658. The van der Waals surface area contributed by atoms with Gasteiger partial charge >= 0.3 is 0 Å². The largest absolute Gasteiger partial charge is 0.371 e. The molecule has 1 aromatic heterocycles. The number of hydrogen-bond donors (Lipinski definition) is 1. The molecule has 1 aliphatic heterocycles. The smallest absolute Gasteiger partial charge is 0.260 e. The van der Waals surface area contributed by atoms with E-state index < -0.39 is 0 Å². The summed E-state index contributed by atoms with van der Waals surface area (Å²) in [5, 5.41) is 1.27. The second-order valence-electron chi connectivity index (χ2n) is 10.1. The van der Waals surface area contributed by atoms with Crippen LogP contribution in [0.4, 0.5) is 11.4 Å². The van der Waals surface area contributed by atoms with E-state index in [0.717, 1.165) is 42.0 Å². The number of unbranched alkanes of at least 4 members (excludes halogenated alkanes) is 1. The summed E-state index contributed by atoms with van der Waals surface area (Å²) in [5.41, 5.74) is 5.37. The van der Waals surface area contributed by atoms with Gasteiger partial charge in [-0.2, -0.15) is 0 Å². The summed E-state index contributed by atoms with van der Waals surface area (Å²) >= 11 is 0. The Hall–Kier alpha value is -2.79. The quantitative estimate of drug-likeness (QED) is 0.314. The Bertz CT molecular complexity index is 1120. The molecule has 194 valence electrons. The number of likely N-dealkylation sites (tertiary alicyclic amines) is 1. The number of H-pyrrole nitrogens is 1. The lowest BCUT2D eigenvalue weighted by atomic mass is 9.89. The van der Waals surface area contributed by atoms with Gasteiger partial charge in [0.05, 0.1) is 5.56 Å². The SMILES string of the molecule is CCCCN1CCC(c2c[nH]c3ccc(N(CCC)C(=O)c4ccccc4N(CC)CC)cc23)CC1. The van der Waals surface area contributed by atoms with Crippen molar-refractivity contribution in [1.82, 2.24) is 9.88 Å². The standard InChI is InChI=1S/C31H44N4O/c1-5-9-19-33-20-16-24(17-21-33)28-23-32-29-15-14-25(22-27(28)29)35(18-6-2)31(36)26-12-10-11-13-30(26)34(7-3)8-4/h10-15,22-24,32H,5-9,16-21H2,1-4H3. The summed E-state index contributed by atoms with van der Waals surface area (Å²) in [6.45, 7) is 14.7. The van der Waals surface area contributed by atoms with Crippen molar-refractivity contribution >= 4 is 28.2 Å². The molecule has 1 aliphatic rings. The van der Waals surface area contributed by atoms with Gasteiger partial charge in [-0.3, -0.25) is 4.79 Å². The minimum Gasteiger partial charge on any atom is -0.371 e. The lowest BCUT2D eigenvalue weighted by Gasteiger charge is -2.32.